The van der Waals surface area contributed by atoms with Crippen molar-refractivity contribution >= 4 is 11.3 Å². The highest BCUT2D eigenvalue weighted by molar-refractivity contribution is 7.09. The van der Waals surface area contributed by atoms with E-state index in [-0.39, 0.29) is 6.10 Å². The molecule has 0 aliphatic rings. The van der Waals surface area contributed by atoms with Gasteiger partial charge in [-0.25, -0.2) is 4.98 Å². The van der Waals surface area contributed by atoms with Crippen LogP contribution in [-0.4, -0.2) is 30.8 Å². The zero-order valence-electron chi connectivity index (χ0n) is 10.6. The summed E-state index contributed by atoms with van der Waals surface area (Å²) < 4.78 is 5.51. The predicted molar refractivity (Wildman–Crippen MR) is 69.1 cm³/mol. The summed E-state index contributed by atoms with van der Waals surface area (Å²) in [6, 6.07) is 0.362. The molecule has 4 heteroatoms. The first-order chi connectivity index (χ1) is 7.71. The largest absolute Gasteiger partial charge is 0.380 e. The van der Waals surface area contributed by atoms with Gasteiger partial charge in [0.05, 0.1) is 16.8 Å². The SMILES string of the molecule is CCNC(Cc1csc(C)n1)C(CC)OC. The summed E-state index contributed by atoms with van der Waals surface area (Å²) in [6.45, 7) is 7.30. The number of hydrogen-bond acceptors (Lipinski definition) is 4. The number of rotatable bonds is 7. The summed E-state index contributed by atoms with van der Waals surface area (Å²) in [4.78, 5) is 4.51. The van der Waals surface area contributed by atoms with E-state index in [1.54, 1.807) is 18.4 Å². The van der Waals surface area contributed by atoms with Crippen LogP contribution in [0.1, 0.15) is 31.0 Å². The minimum atomic E-state index is 0.266. The number of aryl methyl sites for hydroxylation is 1. The number of nitrogens with zero attached hydrogens (tertiary/aromatic N) is 1. The molecule has 0 fully saturated rings. The molecule has 0 radical (unpaired) electrons. The van der Waals surface area contributed by atoms with E-state index in [1.807, 2.05) is 6.92 Å². The fraction of sp³-hybridized carbons (Fsp3) is 0.750. The first kappa shape index (κ1) is 13.6. The lowest BCUT2D eigenvalue weighted by Gasteiger charge is -2.25. The number of hydrogen-bond donors (Lipinski definition) is 1. The van der Waals surface area contributed by atoms with E-state index in [0.29, 0.717) is 6.04 Å². The molecule has 1 aromatic heterocycles. The van der Waals surface area contributed by atoms with Crippen molar-refractivity contribution in [3.8, 4) is 0 Å². The highest BCUT2D eigenvalue weighted by Gasteiger charge is 2.19. The Kier molecular flexibility index (Phi) is 5.95. The molecule has 1 aromatic rings. The van der Waals surface area contributed by atoms with E-state index >= 15 is 0 Å². The molecule has 16 heavy (non-hydrogen) atoms. The Morgan fingerprint density at radius 3 is 2.69 bits per heavy atom. The molecule has 2 unspecified atom stereocenters. The standard InChI is InChI=1S/C12H22N2OS/c1-5-12(15-4)11(13-6-2)7-10-8-16-9(3)14-10/h8,11-13H,5-7H2,1-4H3. The van der Waals surface area contributed by atoms with Gasteiger partial charge in [0.15, 0.2) is 0 Å². The minimum absolute atomic E-state index is 0.266. The quantitative estimate of drug-likeness (QED) is 0.797. The Labute approximate surface area is 102 Å². The maximum Gasteiger partial charge on any atom is 0.0897 e. The molecular formula is C12H22N2OS. The normalized spacial score (nSPS) is 15.0. The zero-order chi connectivity index (χ0) is 12.0. The maximum atomic E-state index is 5.51. The summed E-state index contributed by atoms with van der Waals surface area (Å²) in [5, 5.41) is 6.76. The van der Waals surface area contributed by atoms with Crippen molar-refractivity contribution in [2.45, 2.75) is 45.8 Å². The van der Waals surface area contributed by atoms with E-state index < -0.39 is 0 Å². The van der Waals surface area contributed by atoms with E-state index in [2.05, 4.69) is 29.5 Å². The number of ether oxygens (including phenoxy) is 1. The van der Waals surface area contributed by atoms with Crippen LogP contribution in [0.3, 0.4) is 0 Å². The highest BCUT2D eigenvalue weighted by atomic mass is 32.1. The third-order valence-electron chi connectivity index (χ3n) is 2.72. The lowest BCUT2D eigenvalue weighted by atomic mass is 10.0. The van der Waals surface area contributed by atoms with E-state index in [4.69, 9.17) is 4.74 Å². The van der Waals surface area contributed by atoms with Gasteiger partial charge in [-0.05, 0) is 19.9 Å². The fourth-order valence-corrected chi connectivity index (χ4v) is 2.57. The third-order valence-corrected chi connectivity index (χ3v) is 3.54. The van der Waals surface area contributed by atoms with Crippen molar-refractivity contribution in [1.82, 2.24) is 10.3 Å². The lowest BCUT2D eigenvalue weighted by molar-refractivity contribution is 0.0656. The van der Waals surface area contributed by atoms with Crippen LogP contribution in [0.5, 0.6) is 0 Å². The van der Waals surface area contributed by atoms with Gasteiger partial charge in [-0.2, -0.15) is 0 Å². The van der Waals surface area contributed by atoms with Crippen molar-refractivity contribution in [3.05, 3.63) is 16.1 Å². The Hall–Kier alpha value is -0.450. The monoisotopic (exact) mass is 242 g/mol. The van der Waals surface area contributed by atoms with Crippen molar-refractivity contribution in [1.29, 1.82) is 0 Å². The second-order valence-electron chi connectivity index (χ2n) is 3.91. The molecular weight excluding hydrogens is 220 g/mol. The second kappa shape index (κ2) is 6.99. The first-order valence-electron chi connectivity index (χ1n) is 5.88. The number of thiazole rings is 1. The van der Waals surface area contributed by atoms with Crippen LogP contribution in [0.4, 0.5) is 0 Å². The Morgan fingerprint density at radius 1 is 1.50 bits per heavy atom. The molecule has 2 atom stereocenters. The van der Waals surface area contributed by atoms with E-state index in [1.165, 1.54) is 5.69 Å². The molecule has 0 saturated heterocycles. The fourth-order valence-electron chi connectivity index (χ4n) is 1.94. The first-order valence-corrected chi connectivity index (χ1v) is 6.76. The van der Waals surface area contributed by atoms with Crippen molar-refractivity contribution in [3.63, 3.8) is 0 Å². The van der Waals surface area contributed by atoms with Gasteiger partial charge in [0.1, 0.15) is 0 Å². The molecule has 0 amide bonds. The summed E-state index contributed by atoms with van der Waals surface area (Å²) in [6.07, 6.45) is 2.24. The Balaban J connectivity index is 2.63. The molecule has 0 aliphatic carbocycles. The summed E-state index contributed by atoms with van der Waals surface area (Å²) in [5.41, 5.74) is 1.17. The summed E-state index contributed by atoms with van der Waals surface area (Å²) in [5.74, 6) is 0. The molecule has 0 aromatic carbocycles. The molecule has 0 spiro atoms. The van der Waals surface area contributed by atoms with Gasteiger partial charge >= 0.3 is 0 Å². The van der Waals surface area contributed by atoms with Gasteiger partial charge in [0.2, 0.25) is 0 Å². The molecule has 1 N–H and O–H groups in total. The average Bonchev–Trinajstić information content (AvgIpc) is 2.66. The number of likely N-dealkylation sites (N-methyl/N-ethyl adjacent to an activating group) is 1. The van der Waals surface area contributed by atoms with Crippen LogP contribution in [0.25, 0.3) is 0 Å². The summed E-state index contributed by atoms with van der Waals surface area (Å²) >= 11 is 1.71. The Morgan fingerprint density at radius 2 is 2.25 bits per heavy atom. The van der Waals surface area contributed by atoms with Gasteiger partial charge in [-0.3, -0.25) is 0 Å². The third kappa shape index (κ3) is 3.85. The molecule has 3 nitrogen and oxygen atoms in total. The van der Waals surface area contributed by atoms with Gasteiger partial charge < -0.3 is 10.1 Å². The van der Waals surface area contributed by atoms with Gasteiger partial charge in [0.25, 0.3) is 0 Å². The van der Waals surface area contributed by atoms with E-state index in [0.717, 1.165) is 24.4 Å². The molecule has 92 valence electrons. The average molecular weight is 242 g/mol. The van der Waals surface area contributed by atoms with Crippen molar-refractivity contribution in [2.24, 2.45) is 0 Å². The van der Waals surface area contributed by atoms with Crippen LogP contribution in [0.2, 0.25) is 0 Å². The van der Waals surface area contributed by atoms with Gasteiger partial charge in [-0.15, -0.1) is 11.3 Å². The Bertz CT molecular complexity index is 297. The maximum absolute atomic E-state index is 5.51. The minimum Gasteiger partial charge on any atom is -0.380 e. The second-order valence-corrected chi connectivity index (χ2v) is 4.97. The molecule has 0 saturated carbocycles. The van der Waals surface area contributed by atoms with Gasteiger partial charge in [-0.1, -0.05) is 13.8 Å². The highest BCUT2D eigenvalue weighted by Crippen LogP contribution is 2.13. The zero-order valence-corrected chi connectivity index (χ0v) is 11.4. The lowest BCUT2D eigenvalue weighted by Crippen LogP contribution is -2.42. The van der Waals surface area contributed by atoms with Crippen molar-refractivity contribution < 1.29 is 4.74 Å². The predicted octanol–water partition coefficient (Wildman–Crippen LogP) is 2.40. The molecule has 0 bridgehead atoms. The molecule has 1 rings (SSSR count). The number of aromatic nitrogens is 1. The van der Waals surface area contributed by atoms with E-state index in [9.17, 15) is 0 Å². The van der Waals surface area contributed by atoms with Crippen LogP contribution in [0.15, 0.2) is 5.38 Å². The van der Waals surface area contributed by atoms with Crippen LogP contribution < -0.4 is 5.32 Å². The number of nitrogens with one attached hydrogen (secondary N) is 1. The van der Waals surface area contributed by atoms with Crippen LogP contribution >= 0.6 is 11.3 Å². The van der Waals surface area contributed by atoms with Gasteiger partial charge in [0, 0.05) is 25.0 Å². The van der Waals surface area contributed by atoms with Crippen molar-refractivity contribution in [2.75, 3.05) is 13.7 Å². The smallest absolute Gasteiger partial charge is 0.0897 e. The number of methoxy groups -OCH3 is 1. The molecule has 0 aliphatic heterocycles. The topological polar surface area (TPSA) is 34.2 Å². The molecule has 1 heterocycles. The van der Waals surface area contributed by atoms with Crippen LogP contribution in [-0.2, 0) is 11.2 Å². The summed E-state index contributed by atoms with van der Waals surface area (Å²) in [7, 11) is 1.78. The van der Waals surface area contributed by atoms with Crippen LogP contribution in [0, 0.1) is 6.92 Å².